The Morgan fingerprint density at radius 3 is 3.15 bits per heavy atom. The van der Waals surface area contributed by atoms with Crippen molar-refractivity contribution in [3.05, 3.63) is 39.0 Å². The molecule has 0 bridgehead atoms. The van der Waals surface area contributed by atoms with Gasteiger partial charge in [0.25, 0.3) is 11.5 Å². The lowest BCUT2D eigenvalue weighted by Crippen LogP contribution is -2.25. The molecule has 1 aliphatic rings. The van der Waals surface area contributed by atoms with E-state index in [2.05, 4.69) is 32.2 Å². The van der Waals surface area contributed by atoms with Crippen LogP contribution in [0.1, 0.15) is 21.1 Å². The molecule has 8 heteroatoms. The molecule has 1 amide bonds. The van der Waals surface area contributed by atoms with Gasteiger partial charge in [-0.15, -0.1) is 11.3 Å². The minimum absolute atomic E-state index is 0.162. The number of fused-ring (bicyclic) bond motifs is 1. The number of aromatic nitrogens is 3. The second-order valence-electron chi connectivity index (χ2n) is 4.63. The predicted molar refractivity (Wildman–Crippen MR) is 75.0 cm³/mol. The van der Waals surface area contributed by atoms with E-state index in [9.17, 15) is 9.59 Å². The van der Waals surface area contributed by atoms with Crippen LogP contribution in [0.25, 0.3) is 0 Å². The van der Waals surface area contributed by atoms with Gasteiger partial charge in [0.2, 0.25) is 0 Å². The fourth-order valence-electron chi connectivity index (χ4n) is 2.00. The molecular formula is C12H13N5O2S. The van der Waals surface area contributed by atoms with Gasteiger partial charge in [-0.1, -0.05) is 0 Å². The van der Waals surface area contributed by atoms with E-state index in [1.807, 2.05) is 0 Å². The number of carbonyl (C=O) groups excluding carboxylic acids is 1. The molecule has 0 saturated carbocycles. The molecule has 0 unspecified atom stereocenters. The lowest BCUT2D eigenvalue weighted by atomic mass is 10.2. The van der Waals surface area contributed by atoms with Gasteiger partial charge in [0, 0.05) is 30.6 Å². The number of H-pyrrole nitrogens is 1. The van der Waals surface area contributed by atoms with E-state index < -0.39 is 0 Å². The third kappa shape index (κ3) is 2.61. The van der Waals surface area contributed by atoms with Crippen LogP contribution in [-0.2, 0) is 13.0 Å². The van der Waals surface area contributed by atoms with Gasteiger partial charge in [0.15, 0.2) is 5.13 Å². The molecule has 20 heavy (non-hydrogen) atoms. The number of aromatic amines is 1. The summed E-state index contributed by atoms with van der Waals surface area (Å²) < 4.78 is 0. The van der Waals surface area contributed by atoms with E-state index in [4.69, 9.17) is 0 Å². The minimum atomic E-state index is -0.374. The van der Waals surface area contributed by atoms with Crippen molar-refractivity contribution in [3.63, 3.8) is 0 Å². The summed E-state index contributed by atoms with van der Waals surface area (Å²) >= 11 is 1.48. The number of hydrogen-bond acceptors (Lipinski definition) is 6. The third-order valence-electron chi connectivity index (χ3n) is 3.05. The minimum Gasteiger partial charge on any atom is -0.325 e. The first-order valence-electron chi connectivity index (χ1n) is 6.15. The van der Waals surface area contributed by atoms with Gasteiger partial charge in [-0.2, -0.15) is 0 Å². The normalized spacial score (nSPS) is 14.8. The highest BCUT2D eigenvalue weighted by atomic mass is 32.1. The Hall–Kier alpha value is -2.06. The van der Waals surface area contributed by atoms with Crippen molar-refractivity contribution in [1.82, 2.24) is 19.9 Å². The lowest BCUT2D eigenvalue weighted by Gasteiger charge is -2.20. The highest BCUT2D eigenvalue weighted by molar-refractivity contribution is 7.15. The lowest BCUT2D eigenvalue weighted by molar-refractivity contribution is 0.102. The molecule has 1 aliphatic heterocycles. The van der Waals surface area contributed by atoms with Crippen LogP contribution >= 0.6 is 11.3 Å². The molecule has 0 aliphatic carbocycles. The highest BCUT2D eigenvalue weighted by Gasteiger charge is 2.19. The molecule has 0 aromatic carbocycles. The zero-order valence-corrected chi connectivity index (χ0v) is 11.7. The summed E-state index contributed by atoms with van der Waals surface area (Å²) in [6, 6.07) is 0. The largest absolute Gasteiger partial charge is 0.325 e. The Bertz CT molecular complexity index is 688. The monoisotopic (exact) mass is 291 g/mol. The van der Waals surface area contributed by atoms with Gasteiger partial charge in [0.1, 0.15) is 5.69 Å². The Morgan fingerprint density at radius 1 is 1.55 bits per heavy atom. The van der Waals surface area contributed by atoms with Gasteiger partial charge in [-0.05, 0) is 7.05 Å². The number of thiazole rings is 1. The molecule has 0 spiro atoms. The predicted octanol–water partition coefficient (Wildman–Crippen LogP) is 0.467. The van der Waals surface area contributed by atoms with Crippen molar-refractivity contribution >= 4 is 22.4 Å². The van der Waals surface area contributed by atoms with Gasteiger partial charge in [-0.3, -0.25) is 14.9 Å². The number of carbonyl (C=O) groups is 1. The van der Waals surface area contributed by atoms with E-state index in [-0.39, 0.29) is 17.2 Å². The zero-order valence-electron chi connectivity index (χ0n) is 10.8. The van der Waals surface area contributed by atoms with Crippen LogP contribution in [-0.4, -0.2) is 39.4 Å². The Morgan fingerprint density at radius 2 is 2.40 bits per heavy atom. The van der Waals surface area contributed by atoms with Crippen molar-refractivity contribution in [1.29, 1.82) is 0 Å². The Balaban J connectivity index is 1.76. The highest BCUT2D eigenvalue weighted by Crippen LogP contribution is 2.27. The molecule has 3 rings (SSSR count). The zero-order chi connectivity index (χ0) is 14.1. The van der Waals surface area contributed by atoms with Crippen molar-refractivity contribution in [2.24, 2.45) is 0 Å². The topological polar surface area (TPSA) is 91.0 Å². The van der Waals surface area contributed by atoms with Crippen LogP contribution in [0.5, 0.6) is 0 Å². The Labute approximate surface area is 118 Å². The van der Waals surface area contributed by atoms with Gasteiger partial charge < -0.3 is 9.88 Å². The maximum atomic E-state index is 12.0. The standard InChI is InChI=1S/C12H13N5O2S/c1-17-3-2-7-9(6-17)20-12(15-7)16-11(19)8-4-14-10(18)5-13-8/h4-5H,2-3,6H2,1H3,(H,14,18)(H,15,16,19). The SMILES string of the molecule is CN1CCc2nc(NC(=O)c3c[nH]c(=O)cn3)sc2C1. The first-order valence-corrected chi connectivity index (χ1v) is 6.96. The summed E-state index contributed by atoms with van der Waals surface area (Å²) in [6.45, 7) is 1.84. The van der Waals surface area contributed by atoms with Crippen LogP contribution in [0.2, 0.25) is 0 Å². The maximum absolute atomic E-state index is 12.0. The molecule has 2 N–H and O–H groups in total. The quantitative estimate of drug-likeness (QED) is 0.839. The molecular weight excluding hydrogens is 278 g/mol. The second kappa shape index (κ2) is 5.14. The molecule has 0 radical (unpaired) electrons. The van der Waals surface area contributed by atoms with Crippen molar-refractivity contribution in [2.75, 3.05) is 18.9 Å². The van der Waals surface area contributed by atoms with Crippen LogP contribution in [0.15, 0.2) is 17.2 Å². The van der Waals surface area contributed by atoms with Crippen molar-refractivity contribution in [2.45, 2.75) is 13.0 Å². The third-order valence-corrected chi connectivity index (χ3v) is 4.05. The summed E-state index contributed by atoms with van der Waals surface area (Å²) in [5.74, 6) is -0.374. The number of hydrogen-bond donors (Lipinski definition) is 2. The first kappa shape index (κ1) is 12.9. The number of amides is 1. The fourth-order valence-corrected chi connectivity index (χ4v) is 3.09. The number of likely N-dealkylation sites (N-methyl/N-ethyl adjacent to an activating group) is 1. The van der Waals surface area contributed by atoms with Gasteiger partial charge in [0.05, 0.1) is 11.9 Å². The van der Waals surface area contributed by atoms with Gasteiger partial charge >= 0.3 is 0 Å². The fraction of sp³-hybridized carbons (Fsp3) is 0.333. The van der Waals surface area contributed by atoms with Crippen LogP contribution in [0, 0.1) is 0 Å². The first-order chi connectivity index (χ1) is 9.61. The van der Waals surface area contributed by atoms with E-state index in [0.717, 1.165) is 31.4 Å². The second-order valence-corrected chi connectivity index (χ2v) is 5.71. The summed E-state index contributed by atoms with van der Waals surface area (Å²) in [4.78, 5) is 36.9. The van der Waals surface area contributed by atoms with Gasteiger partial charge in [-0.25, -0.2) is 9.97 Å². The van der Waals surface area contributed by atoms with Crippen LogP contribution < -0.4 is 10.9 Å². The maximum Gasteiger partial charge on any atom is 0.277 e. The molecule has 0 saturated heterocycles. The van der Waals surface area contributed by atoms with E-state index in [0.29, 0.717) is 5.13 Å². The van der Waals surface area contributed by atoms with E-state index in [1.54, 1.807) is 0 Å². The molecule has 7 nitrogen and oxygen atoms in total. The van der Waals surface area contributed by atoms with Crippen molar-refractivity contribution < 1.29 is 4.79 Å². The number of nitrogens with one attached hydrogen (secondary N) is 2. The van der Waals surface area contributed by atoms with E-state index in [1.165, 1.54) is 22.4 Å². The van der Waals surface area contributed by atoms with E-state index >= 15 is 0 Å². The van der Waals surface area contributed by atoms with Crippen LogP contribution in [0.4, 0.5) is 5.13 Å². The van der Waals surface area contributed by atoms with Crippen molar-refractivity contribution in [3.8, 4) is 0 Å². The molecule has 0 atom stereocenters. The van der Waals surface area contributed by atoms with Crippen LogP contribution in [0.3, 0.4) is 0 Å². The molecule has 104 valence electrons. The summed E-state index contributed by atoms with van der Waals surface area (Å²) in [7, 11) is 2.06. The average Bonchev–Trinajstić information content (AvgIpc) is 2.80. The summed E-state index contributed by atoms with van der Waals surface area (Å²) in [6.07, 6.45) is 3.27. The number of rotatable bonds is 2. The summed E-state index contributed by atoms with van der Waals surface area (Å²) in [5.41, 5.74) is 0.877. The Kier molecular flexibility index (Phi) is 3.33. The number of anilines is 1. The average molecular weight is 291 g/mol. The molecule has 3 heterocycles. The molecule has 2 aromatic rings. The smallest absolute Gasteiger partial charge is 0.277 e. The summed E-state index contributed by atoms with van der Waals surface area (Å²) in [5, 5.41) is 3.29. The number of nitrogens with zero attached hydrogens (tertiary/aromatic N) is 3. The molecule has 2 aromatic heterocycles. The molecule has 0 fully saturated rings.